The van der Waals surface area contributed by atoms with Gasteiger partial charge in [0, 0.05) is 32.3 Å². The van der Waals surface area contributed by atoms with Crippen molar-refractivity contribution in [2.24, 2.45) is 0 Å². The van der Waals surface area contributed by atoms with Crippen LogP contribution < -0.4 is 16.0 Å². The van der Waals surface area contributed by atoms with E-state index in [-0.39, 0.29) is 17.9 Å². The Morgan fingerprint density at radius 1 is 1.58 bits per heavy atom. The molecule has 0 spiro atoms. The van der Waals surface area contributed by atoms with Gasteiger partial charge in [-0.2, -0.15) is 0 Å². The van der Waals surface area contributed by atoms with E-state index in [0.29, 0.717) is 35.8 Å². The molecule has 1 aliphatic rings. The molecule has 7 heteroatoms. The molecule has 2 heterocycles. The lowest BCUT2D eigenvalue weighted by molar-refractivity contribution is -0.122. The first kappa shape index (κ1) is 13.6. The predicted molar refractivity (Wildman–Crippen MR) is 72.3 cm³/mol. The topological polar surface area (TPSA) is 83.1 Å². The Bertz CT molecular complexity index is 497. The zero-order valence-electron chi connectivity index (χ0n) is 10.5. The van der Waals surface area contributed by atoms with Crippen LogP contribution in [0.4, 0.5) is 5.82 Å². The number of aromatic nitrogens is 1. The first-order valence-electron chi connectivity index (χ1n) is 6.01. The van der Waals surface area contributed by atoms with Gasteiger partial charge in [-0.3, -0.25) is 9.59 Å². The highest BCUT2D eigenvalue weighted by molar-refractivity contribution is 6.33. The van der Waals surface area contributed by atoms with Gasteiger partial charge in [-0.15, -0.1) is 0 Å². The van der Waals surface area contributed by atoms with Crippen molar-refractivity contribution in [3.05, 3.63) is 22.8 Å². The summed E-state index contributed by atoms with van der Waals surface area (Å²) in [7, 11) is 1.71. The van der Waals surface area contributed by atoms with Crippen LogP contribution in [0.2, 0.25) is 5.02 Å². The molecule has 1 atom stereocenters. The molecular weight excluding hydrogens is 268 g/mol. The number of pyridine rings is 1. The van der Waals surface area contributed by atoms with Crippen LogP contribution in [0.5, 0.6) is 0 Å². The number of anilines is 1. The summed E-state index contributed by atoms with van der Waals surface area (Å²) in [5, 5.41) is 8.78. The average Bonchev–Trinajstić information content (AvgIpc) is 2.41. The van der Waals surface area contributed by atoms with Crippen molar-refractivity contribution in [1.82, 2.24) is 15.6 Å². The van der Waals surface area contributed by atoms with E-state index < -0.39 is 0 Å². The van der Waals surface area contributed by atoms with Gasteiger partial charge in [0.2, 0.25) is 5.91 Å². The smallest absolute Gasteiger partial charge is 0.253 e. The standard InChI is InChI=1S/C12H15ClN4O2/c1-14-11-9(13)4-7(5-16-11)12(19)17-8-2-3-10(18)15-6-8/h4-5,8H,2-3,6H2,1H3,(H,14,16)(H,15,18)(H,17,19). The van der Waals surface area contributed by atoms with E-state index in [1.165, 1.54) is 6.20 Å². The maximum absolute atomic E-state index is 12.0. The van der Waals surface area contributed by atoms with Gasteiger partial charge < -0.3 is 16.0 Å². The number of halogens is 1. The Labute approximate surface area is 115 Å². The number of hydrogen-bond donors (Lipinski definition) is 3. The highest BCUT2D eigenvalue weighted by Gasteiger charge is 2.20. The number of hydrogen-bond acceptors (Lipinski definition) is 4. The van der Waals surface area contributed by atoms with Gasteiger partial charge >= 0.3 is 0 Å². The molecule has 2 amide bonds. The Morgan fingerprint density at radius 3 is 2.95 bits per heavy atom. The minimum Gasteiger partial charge on any atom is -0.372 e. The largest absolute Gasteiger partial charge is 0.372 e. The molecule has 1 saturated heterocycles. The van der Waals surface area contributed by atoms with E-state index in [4.69, 9.17) is 11.6 Å². The van der Waals surface area contributed by atoms with Crippen LogP contribution in [0.3, 0.4) is 0 Å². The minimum absolute atomic E-state index is 0.0218. The molecule has 1 aromatic rings. The number of carbonyl (C=O) groups is 2. The summed E-state index contributed by atoms with van der Waals surface area (Å²) in [6.45, 7) is 0.459. The molecule has 0 saturated carbocycles. The summed E-state index contributed by atoms with van der Waals surface area (Å²) >= 11 is 5.97. The van der Waals surface area contributed by atoms with E-state index in [1.807, 2.05) is 0 Å². The first-order chi connectivity index (χ1) is 9.10. The van der Waals surface area contributed by atoms with E-state index in [2.05, 4.69) is 20.9 Å². The van der Waals surface area contributed by atoms with Gasteiger partial charge in [-0.1, -0.05) is 11.6 Å². The van der Waals surface area contributed by atoms with Gasteiger partial charge in [0.05, 0.1) is 10.6 Å². The molecule has 102 valence electrons. The summed E-state index contributed by atoms with van der Waals surface area (Å²) < 4.78 is 0. The highest BCUT2D eigenvalue weighted by Crippen LogP contribution is 2.19. The Morgan fingerprint density at radius 2 is 2.37 bits per heavy atom. The molecule has 1 aromatic heterocycles. The number of nitrogens with one attached hydrogen (secondary N) is 3. The van der Waals surface area contributed by atoms with Gasteiger partial charge in [0.15, 0.2) is 0 Å². The first-order valence-corrected chi connectivity index (χ1v) is 6.39. The summed E-state index contributed by atoms with van der Waals surface area (Å²) in [6.07, 6.45) is 2.55. The average molecular weight is 283 g/mol. The summed E-state index contributed by atoms with van der Waals surface area (Å²) in [5.74, 6) is 0.315. The second kappa shape index (κ2) is 5.88. The van der Waals surface area contributed by atoms with Crippen LogP contribution in [0, 0.1) is 0 Å². The molecule has 3 N–H and O–H groups in total. The lowest BCUT2D eigenvalue weighted by Gasteiger charge is -2.23. The maximum Gasteiger partial charge on any atom is 0.253 e. The molecule has 1 aliphatic heterocycles. The van der Waals surface area contributed by atoms with Gasteiger partial charge in [-0.05, 0) is 12.5 Å². The van der Waals surface area contributed by atoms with Crippen LogP contribution >= 0.6 is 11.6 Å². The van der Waals surface area contributed by atoms with Crippen molar-refractivity contribution in [1.29, 1.82) is 0 Å². The molecular formula is C12H15ClN4O2. The molecule has 19 heavy (non-hydrogen) atoms. The fourth-order valence-electron chi connectivity index (χ4n) is 1.87. The van der Waals surface area contributed by atoms with E-state index >= 15 is 0 Å². The number of nitrogens with zero attached hydrogens (tertiary/aromatic N) is 1. The van der Waals surface area contributed by atoms with E-state index in [9.17, 15) is 9.59 Å². The van der Waals surface area contributed by atoms with Gasteiger partial charge in [-0.25, -0.2) is 4.98 Å². The second-order valence-electron chi connectivity index (χ2n) is 4.32. The molecule has 0 bridgehead atoms. The van der Waals surface area contributed by atoms with Crippen LogP contribution in [0.25, 0.3) is 0 Å². The lowest BCUT2D eigenvalue weighted by atomic mass is 10.1. The van der Waals surface area contributed by atoms with Crippen molar-refractivity contribution < 1.29 is 9.59 Å². The zero-order chi connectivity index (χ0) is 13.8. The summed E-state index contributed by atoms with van der Waals surface area (Å²) in [5.41, 5.74) is 0.404. The van der Waals surface area contributed by atoms with Crippen molar-refractivity contribution >= 4 is 29.2 Å². The fraction of sp³-hybridized carbons (Fsp3) is 0.417. The summed E-state index contributed by atoms with van der Waals surface area (Å²) in [6, 6.07) is 1.52. The third kappa shape index (κ3) is 3.35. The Hall–Kier alpha value is -1.82. The predicted octanol–water partition coefficient (Wildman–Crippen LogP) is 0.785. The van der Waals surface area contributed by atoms with Crippen molar-refractivity contribution in [3.63, 3.8) is 0 Å². The quantitative estimate of drug-likeness (QED) is 0.765. The number of piperidine rings is 1. The molecule has 2 rings (SSSR count). The number of amides is 2. The van der Waals surface area contributed by atoms with Crippen molar-refractivity contribution in [3.8, 4) is 0 Å². The van der Waals surface area contributed by atoms with Crippen LogP contribution in [-0.2, 0) is 4.79 Å². The Balaban J connectivity index is 2.00. The van der Waals surface area contributed by atoms with Crippen molar-refractivity contribution in [2.75, 3.05) is 18.9 Å². The lowest BCUT2D eigenvalue weighted by Crippen LogP contribution is -2.47. The third-order valence-corrected chi connectivity index (χ3v) is 3.23. The normalized spacial score (nSPS) is 18.6. The van der Waals surface area contributed by atoms with Crippen molar-refractivity contribution in [2.45, 2.75) is 18.9 Å². The second-order valence-corrected chi connectivity index (χ2v) is 4.72. The molecule has 6 nitrogen and oxygen atoms in total. The van der Waals surface area contributed by atoms with E-state index in [1.54, 1.807) is 13.1 Å². The Kier molecular flexibility index (Phi) is 4.21. The van der Waals surface area contributed by atoms with E-state index in [0.717, 1.165) is 0 Å². The van der Waals surface area contributed by atoms with Crippen LogP contribution in [0.15, 0.2) is 12.3 Å². The minimum atomic E-state index is -0.238. The fourth-order valence-corrected chi connectivity index (χ4v) is 2.13. The van der Waals surface area contributed by atoms with Crippen LogP contribution in [-0.4, -0.2) is 36.4 Å². The molecule has 0 aromatic carbocycles. The SMILES string of the molecule is CNc1ncc(C(=O)NC2CCC(=O)NC2)cc1Cl. The maximum atomic E-state index is 12.0. The zero-order valence-corrected chi connectivity index (χ0v) is 11.3. The monoisotopic (exact) mass is 282 g/mol. The number of rotatable bonds is 3. The number of carbonyl (C=O) groups excluding carboxylic acids is 2. The third-order valence-electron chi connectivity index (χ3n) is 2.94. The summed E-state index contributed by atoms with van der Waals surface area (Å²) in [4.78, 5) is 27.1. The van der Waals surface area contributed by atoms with Gasteiger partial charge in [0.25, 0.3) is 5.91 Å². The van der Waals surface area contributed by atoms with Gasteiger partial charge in [0.1, 0.15) is 5.82 Å². The molecule has 1 fully saturated rings. The van der Waals surface area contributed by atoms with Crippen LogP contribution in [0.1, 0.15) is 23.2 Å². The highest BCUT2D eigenvalue weighted by atomic mass is 35.5. The molecule has 1 unspecified atom stereocenters. The molecule has 0 radical (unpaired) electrons. The molecule has 0 aliphatic carbocycles.